The lowest BCUT2D eigenvalue weighted by molar-refractivity contribution is 0.921. The standard InChI is InChI=1S/C17H14ClNOS/c1-19(10-12-5-3-2-4-6-12)15-11-21-16-8-7-13(18)9-14(16)17(15)20/h2-9,11H,10H2,1H3. The molecular weight excluding hydrogens is 302 g/mol. The summed E-state index contributed by atoms with van der Waals surface area (Å²) in [4.78, 5) is 14.6. The SMILES string of the molecule is CN(Cc1ccccc1)c1csc2ccc(Cl)cc2c1=O. The number of halogens is 1. The van der Waals surface area contributed by atoms with E-state index >= 15 is 0 Å². The first-order valence-electron chi connectivity index (χ1n) is 6.61. The van der Waals surface area contributed by atoms with Gasteiger partial charge in [-0.15, -0.1) is 11.3 Å². The molecule has 0 atom stereocenters. The molecule has 0 amide bonds. The highest BCUT2D eigenvalue weighted by Gasteiger charge is 2.10. The van der Waals surface area contributed by atoms with Crippen molar-refractivity contribution in [1.82, 2.24) is 0 Å². The van der Waals surface area contributed by atoms with Gasteiger partial charge in [0.1, 0.15) is 0 Å². The van der Waals surface area contributed by atoms with E-state index in [2.05, 4.69) is 12.1 Å². The molecule has 0 radical (unpaired) electrons. The minimum Gasteiger partial charge on any atom is -0.366 e. The summed E-state index contributed by atoms with van der Waals surface area (Å²) in [7, 11) is 1.94. The number of hydrogen-bond acceptors (Lipinski definition) is 3. The van der Waals surface area contributed by atoms with Crippen molar-refractivity contribution in [3.8, 4) is 0 Å². The Labute approximate surface area is 132 Å². The number of fused-ring (bicyclic) bond motifs is 1. The molecule has 21 heavy (non-hydrogen) atoms. The molecule has 0 spiro atoms. The summed E-state index contributed by atoms with van der Waals surface area (Å²) in [6.45, 7) is 0.703. The monoisotopic (exact) mass is 315 g/mol. The average Bonchev–Trinajstić information content (AvgIpc) is 2.49. The molecule has 2 aromatic carbocycles. The van der Waals surface area contributed by atoms with Crippen molar-refractivity contribution < 1.29 is 0 Å². The van der Waals surface area contributed by atoms with Crippen molar-refractivity contribution in [2.45, 2.75) is 6.54 Å². The van der Waals surface area contributed by atoms with E-state index in [0.717, 1.165) is 4.70 Å². The van der Waals surface area contributed by atoms with Crippen LogP contribution >= 0.6 is 22.9 Å². The Morgan fingerprint density at radius 2 is 1.90 bits per heavy atom. The minimum absolute atomic E-state index is 0.0321. The first kappa shape index (κ1) is 14.1. The highest BCUT2D eigenvalue weighted by atomic mass is 35.5. The fourth-order valence-electron chi connectivity index (χ4n) is 2.30. The van der Waals surface area contributed by atoms with Crippen molar-refractivity contribution in [1.29, 1.82) is 0 Å². The topological polar surface area (TPSA) is 20.3 Å². The minimum atomic E-state index is 0.0321. The van der Waals surface area contributed by atoms with Crippen LogP contribution in [0.5, 0.6) is 0 Å². The van der Waals surface area contributed by atoms with Gasteiger partial charge >= 0.3 is 0 Å². The third-order valence-corrected chi connectivity index (χ3v) is 4.58. The fourth-order valence-corrected chi connectivity index (χ4v) is 3.42. The predicted octanol–water partition coefficient (Wildman–Crippen LogP) is 4.55. The van der Waals surface area contributed by atoms with Crippen LogP contribution in [0.25, 0.3) is 10.1 Å². The lowest BCUT2D eigenvalue weighted by atomic mass is 10.2. The smallest absolute Gasteiger partial charge is 0.211 e. The summed E-state index contributed by atoms with van der Waals surface area (Å²) in [5, 5.41) is 3.20. The lowest BCUT2D eigenvalue weighted by Gasteiger charge is -2.18. The van der Waals surface area contributed by atoms with Crippen molar-refractivity contribution in [2.75, 3.05) is 11.9 Å². The van der Waals surface area contributed by atoms with Gasteiger partial charge in [0.15, 0.2) is 0 Å². The summed E-state index contributed by atoms with van der Waals surface area (Å²) in [5.74, 6) is 0. The van der Waals surface area contributed by atoms with Gasteiger partial charge in [0.2, 0.25) is 5.43 Å². The van der Waals surface area contributed by atoms with Gasteiger partial charge in [-0.25, -0.2) is 0 Å². The molecule has 0 saturated carbocycles. The molecule has 0 N–H and O–H groups in total. The van der Waals surface area contributed by atoms with E-state index in [0.29, 0.717) is 22.6 Å². The predicted molar refractivity (Wildman–Crippen MR) is 91.7 cm³/mol. The Balaban J connectivity index is 2.00. The number of benzene rings is 2. The van der Waals surface area contributed by atoms with Gasteiger partial charge in [0.05, 0.1) is 5.69 Å². The van der Waals surface area contributed by atoms with E-state index < -0.39 is 0 Å². The van der Waals surface area contributed by atoms with E-state index in [1.165, 1.54) is 5.56 Å². The van der Waals surface area contributed by atoms with Crippen LogP contribution in [0, 0.1) is 0 Å². The van der Waals surface area contributed by atoms with Gasteiger partial charge in [-0.05, 0) is 23.8 Å². The highest BCUT2D eigenvalue weighted by Crippen LogP contribution is 2.24. The fraction of sp³-hybridized carbons (Fsp3) is 0.118. The quantitative estimate of drug-likeness (QED) is 0.706. The van der Waals surface area contributed by atoms with Crippen molar-refractivity contribution in [3.05, 3.63) is 74.7 Å². The summed E-state index contributed by atoms with van der Waals surface area (Å²) in [6.07, 6.45) is 0. The van der Waals surface area contributed by atoms with Crippen LogP contribution in [-0.2, 0) is 6.54 Å². The number of hydrogen-bond donors (Lipinski definition) is 0. The largest absolute Gasteiger partial charge is 0.366 e. The summed E-state index contributed by atoms with van der Waals surface area (Å²) in [6, 6.07) is 15.6. The molecule has 0 aliphatic rings. The van der Waals surface area contributed by atoms with Crippen LogP contribution < -0.4 is 10.3 Å². The Hall–Kier alpha value is -1.84. The summed E-state index contributed by atoms with van der Waals surface area (Å²) in [5.41, 5.74) is 1.92. The molecule has 0 bridgehead atoms. The van der Waals surface area contributed by atoms with Gasteiger partial charge in [0, 0.05) is 34.1 Å². The molecule has 0 saturated heterocycles. The molecule has 0 aliphatic carbocycles. The second-order valence-corrected chi connectivity index (χ2v) is 6.28. The van der Waals surface area contributed by atoms with Gasteiger partial charge < -0.3 is 4.90 Å². The zero-order chi connectivity index (χ0) is 14.8. The maximum absolute atomic E-state index is 12.6. The van der Waals surface area contributed by atoms with Crippen LogP contribution in [0.3, 0.4) is 0 Å². The zero-order valence-electron chi connectivity index (χ0n) is 11.5. The summed E-state index contributed by atoms with van der Waals surface area (Å²) < 4.78 is 0.960. The Morgan fingerprint density at radius 3 is 2.67 bits per heavy atom. The van der Waals surface area contributed by atoms with E-state index in [4.69, 9.17) is 11.6 Å². The summed E-state index contributed by atoms with van der Waals surface area (Å²) >= 11 is 7.57. The normalized spacial score (nSPS) is 10.8. The second-order valence-electron chi connectivity index (χ2n) is 4.93. The first-order valence-corrected chi connectivity index (χ1v) is 7.87. The van der Waals surface area contributed by atoms with Gasteiger partial charge in [0.25, 0.3) is 0 Å². The molecule has 4 heteroatoms. The van der Waals surface area contributed by atoms with E-state index in [1.807, 2.05) is 47.7 Å². The Kier molecular flexibility index (Phi) is 3.95. The van der Waals surface area contributed by atoms with E-state index in [9.17, 15) is 4.79 Å². The van der Waals surface area contributed by atoms with Crippen molar-refractivity contribution >= 4 is 38.7 Å². The first-order chi connectivity index (χ1) is 10.1. The maximum Gasteiger partial charge on any atom is 0.211 e. The van der Waals surface area contributed by atoms with Crippen molar-refractivity contribution in [3.63, 3.8) is 0 Å². The molecule has 106 valence electrons. The van der Waals surface area contributed by atoms with Gasteiger partial charge in [-0.3, -0.25) is 4.79 Å². The lowest BCUT2D eigenvalue weighted by Crippen LogP contribution is -2.22. The Bertz CT molecular complexity index is 829. The zero-order valence-corrected chi connectivity index (χ0v) is 13.1. The molecule has 1 aromatic heterocycles. The van der Waals surface area contributed by atoms with Crippen LogP contribution in [0.2, 0.25) is 5.02 Å². The molecule has 3 rings (SSSR count). The molecular formula is C17H14ClNOS. The molecule has 3 aromatic rings. The van der Waals surface area contributed by atoms with E-state index in [-0.39, 0.29) is 5.43 Å². The van der Waals surface area contributed by atoms with Crippen LogP contribution in [0.15, 0.2) is 58.7 Å². The van der Waals surface area contributed by atoms with Crippen LogP contribution in [-0.4, -0.2) is 7.05 Å². The number of anilines is 1. The Morgan fingerprint density at radius 1 is 1.14 bits per heavy atom. The van der Waals surface area contributed by atoms with Crippen LogP contribution in [0.4, 0.5) is 5.69 Å². The maximum atomic E-state index is 12.6. The molecule has 0 unspecified atom stereocenters. The molecule has 0 aliphatic heterocycles. The van der Waals surface area contributed by atoms with Gasteiger partial charge in [-0.2, -0.15) is 0 Å². The third-order valence-electron chi connectivity index (χ3n) is 3.39. The molecule has 1 heterocycles. The molecule has 2 nitrogen and oxygen atoms in total. The molecule has 0 fully saturated rings. The van der Waals surface area contributed by atoms with E-state index in [1.54, 1.807) is 17.4 Å². The van der Waals surface area contributed by atoms with Crippen LogP contribution in [0.1, 0.15) is 5.56 Å². The average molecular weight is 316 g/mol. The second kappa shape index (κ2) is 5.88. The van der Waals surface area contributed by atoms with Crippen molar-refractivity contribution in [2.24, 2.45) is 0 Å². The number of rotatable bonds is 3. The third kappa shape index (κ3) is 2.94. The van der Waals surface area contributed by atoms with Gasteiger partial charge in [-0.1, -0.05) is 41.9 Å². The number of nitrogens with zero attached hydrogens (tertiary/aromatic N) is 1. The highest BCUT2D eigenvalue weighted by molar-refractivity contribution is 7.16.